The largest absolute Gasteiger partial charge is 0.469 e. The minimum absolute atomic E-state index is 0.0221. The quantitative estimate of drug-likeness (QED) is 0.851. The van der Waals surface area contributed by atoms with E-state index in [2.05, 4.69) is 10.2 Å². The number of aromatic amines is 1. The SMILES string of the molecule is Cc1occc1CN(C)S(=O)(=O)c1cn[nH]c1N. The number of aryl methyl sites for hydroxylation is 1. The lowest BCUT2D eigenvalue weighted by Gasteiger charge is -2.15. The molecule has 0 spiro atoms. The third-order valence-corrected chi connectivity index (χ3v) is 4.51. The van der Waals surface area contributed by atoms with Gasteiger partial charge in [-0.15, -0.1) is 0 Å². The third-order valence-electron chi connectivity index (χ3n) is 2.68. The van der Waals surface area contributed by atoms with Gasteiger partial charge in [-0.3, -0.25) is 5.10 Å². The van der Waals surface area contributed by atoms with Gasteiger partial charge in [-0.25, -0.2) is 8.42 Å². The summed E-state index contributed by atoms with van der Waals surface area (Å²) in [6.07, 6.45) is 2.72. The molecule has 0 saturated carbocycles. The molecule has 0 unspecified atom stereocenters. The fraction of sp³-hybridized carbons (Fsp3) is 0.300. The highest BCUT2D eigenvalue weighted by Gasteiger charge is 2.25. The van der Waals surface area contributed by atoms with Crippen LogP contribution in [-0.4, -0.2) is 30.0 Å². The van der Waals surface area contributed by atoms with Crippen LogP contribution in [0.15, 0.2) is 27.8 Å². The van der Waals surface area contributed by atoms with Crippen LogP contribution < -0.4 is 5.73 Å². The van der Waals surface area contributed by atoms with Crippen LogP contribution in [0.3, 0.4) is 0 Å². The Morgan fingerprint density at radius 3 is 2.78 bits per heavy atom. The zero-order chi connectivity index (χ0) is 13.3. The lowest BCUT2D eigenvalue weighted by atomic mass is 10.3. The van der Waals surface area contributed by atoms with Crippen LogP contribution in [0, 0.1) is 6.92 Å². The van der Waals surface area contributed by atoms with E-state index in [1.807, 2.05) is 0 Å². The molecule has 8 heteroatoms. The molecule has 0 aliphatic heterocycles. The minimum atomic E-state index is -3.65. The van der Waals surface area contributed by atoms with Crippen molar-refractivity contribution in [1.82, 2.24) is 14.5 Å². The number of hydrogen-bond donors (Lipinski definition) is 2. The molecule has 0 saturated heterocycles. The standard InChI is InChI=1S/C10H14N4O3S/c1-7-8(3-4-17-7)6-14(2)18(15,16)9-5-12-13-10(9)11/h3-5H,6H2,1-2H3,(H3,11,12,13). The van der Waals surface area contributed by atoms with E-state index < -0.39 is 10.0 Å². The average molecular weight is 270 g/mol. The second-order valence-electron chi connectivity index (χ2n) is 3.91. The molecule has 2 heterocycles. The summed E-state index contributed by atoms with van der Waals surface area (Å²) in [5.74, 6) is 0.725. The van der Waals surface area contributed by atoms with E-state index in [1.165, 1.54) is 23.8 Å². The molecular weight excluding hydrogens is 256 g/mol. The number of sulfonamides is 1. The van der Waals surface area contributed by atoms with Gasteiger partial charge in [0.05, 0.1) is 12.5 Å². The van der Waals surface area contributed by atoms with Crippen LogP contribution in [-0.2, 0) is 16.6 Å². The molecule has 7 nitrogen and oxygen atoms in total. The Bertz CT molecular complexity index is 644. The van der Waals surface area contributed by atoms with Gasteiger partial charge in [0, 0.05) is 19.2 Å². The summed E-state index contributed by atoms with van der Waals surface area (Å²) < 4.78 is 30.7. The van der Waals surface area contributed by atoms with Gasteiger partial charge in [-0.05, 0) is 13.0 Å². The first-order chi connectivity index (χ1) is 8.43. The minimum Gasteiger partial charge on any atom is -0.469 e. The van der Waals surface area contributed by atoms with Gasteiger partial charge in [0.15, 0.2) is 0 Å². The highest BCUT2D eigenvalue weighted by Crippen LogP contribution is 2.21. The van der Waals surface area contributed by atoms with Crippen LogP contribution in [0.5, 0.6) is 0 Å². The van der Waals surface area contributed by atoms with Gasteiger partial charge in [-0.1, -0.05) is 0 Å². The molecule has 0 bridgehead atoms. The van der Waals surface area contributed by atoms with E-state index in [9.17, 15) is 8.42 Å². The highest BCUT2D eigenvalue weighted by molar-refractivity contribution is 7.89. The summed E-state index contributed by atoms with van der Waals surface area (Å²) in [4.78, 5) is -0.0221. The van der Waals surface area contributed by atoms with E-state index in [-0.39, 0.29) is 17.3 Å². The fourth-order valence-corrected chi connectivity index (χ4v) is 2.71. The molecule has 98 valence electrons. The van der Waals surface area contributed by atoms with Crippen molar-refractivity contribution in [2.24, 2.45) is 0 Å². The molecule has 2 aromatic heterocycles. The molecule has 0 aromatic carbocycles. The lowest BCUT2D eigenvalue weighted by Crippen LogP contribution is -2.26. The predicted molar refractivity (Wildman–Crippen MR) is 65.1 cm³/mol. The normalized spacial score (nSPS) is 12.2. The third kappa shape index (κ3) is 2.12. The van der Waals surface area contributed by atoms with Crippen molar-refractivity contribution in [3.8, 4) is 0 Å². The van der Waals surface area contributed by atoms with Gasteiger partial charge in [-0.2, -0.15) is 9.40 Å². The lowest BCUT2D eigenvalue weighted by molar-refractivity contribution is 0.459. The van der Waals surface area contributed by atoms with Gasteiger partial charge in [0.1, 0.15) is 16.5 Å². The average Bonchev–Trinajstić information content (AvgIpc) is 2.88. The maximum Gasteiger partial charge on any atom is 0.248 e. The Labute approximate surface area is 105 Å². The van der Waals surface area contributed by atoms with E-state index in [0.29, 0.717) is 5.76 Å². The van der Waals surface area contributed by atoms with E-state index in [0.717, 1.165) is 5.56 Å². The number of furan rings is 1. The number of anilines is 1. The zero-order valence-electron chi connectivity index (χ0n) is 10.0. The van der Waals surface area contributed by atoms with Crippen molar-refractivity contribution in [2.75, 3.05) is 12.8 Å². The van der Waals surface area contributed by atoms with Gasteiger partial charge in [0.25, 0.3) is 0 Å². The number of rotatable bonds is 4. The van der Waals surface area contributed by atoms with E-state index in [4.69, 9.17) is 10.2 Å². The molecule has 0 amide bonds. The Kier molecular flexibility index (Phi) is 3.14. The maximum absolute atomic E-state index is 12.2. The first kappa shape index (κ1) is 12.7. The van der Waals surface area contributed by atoms with Crippen LogP contribution in [0.1, 0.15) is 11.3 Å². The smallest absolute Gasteiger partial charge is 0.248 e. The number of nitrogen functional groups attached to an aromatic ring is 1. The number of H-pyrrole nitrogens is 1. The van der Waals surface area contributed by atoms with Crippen LogP contribution >= 0.6 is 0 Å². The molecule has 0 radical (unpaired) electrons. The van der Waals surface area contributed by atoms with Gasteiger partial charge >= 0.3 is 0 Å². The first-order valence-corrected chi connectivity index (χ1v) is 6.65. The Balaban J connectivity index is 2.27. The molecule has 2 aromatic rings. The molecule has 0 atom stereocenters. The number of nitrogens with zero attached hydrogens (tertiary/aromatic N) is 2. The fourth-order valence-electron chi connectivity index (χ4n) is 1.56. The van der Waals surface area contributed by atoms with E-state index in [1.54, 1.807) is 13.0 Å². The molecule has 0 fully saturated rings. The molecule has 3 N–H and O–H groups in total. The second kappa shape index (κ2) is 4.46. The Hall–Kier alpha value is -1.80. The number of nitrogens with two attached hydrogens (primary N) is 1. The number of aromatic nitrogens is 2. The van der Waals surface area contributed by atoms with E-state index >= 15 is 0 Å². The maximum atomic E-state index is 12.2. The zero-order valence-corrected chi connectivity index (χ0v) is 10.9. The molecular formula is C10H14N4O3S. The van der Waals surface area contributed by atoms with Crippen molar-refractivity contribution in [3.05, 3.63) is 29.9 Å². The van der Waals surface area contributed by atoms with Crippen LogP contribution in [0.25, 0.3) is 0 Å². The number of nitrogens with one attached hydrogen (secondary N) is 1. The monoisotopic (exact) mass is 270 g/mol. The summed E-state index contributed by atoms with van der Waals surface area (Å²) in [6.45, 7) is 2.00. The second-order valence-corrected chi connectivity index (χ2v) is 5.92. The van der Waals surface area contributed by atoms with Crippen molar-refractivity contribution >= 4 is 15.8 Å². The Morgan fingerprint density at radius 2 is 2.28 bits per heavy atom. The first-order valence-electron chi connectivity index (χ1n) is 5.21. The van der Waals surface area contributed by atoms with Gasteiger partial charge in [0.2, 0.25) is 10.0 Å². The predicted octanol–water partition coefficient (Wildman–Crippen LogP) is 0.714. The molecule has 18 heavy (non-hydrogen) atoms. The van der Waals surface area contributed by atoms with Gasteiger partial charge < -0.3 is 10.2 Å². The highest BCUT2D eigenvalue weighted by atomic mass is 32.2. The van der Waals surface area contributed by atoms with Crippen LogP contribution in [0.4, 0.5) is 5.82 Å². The summed E-state index contributed by atoms with van der Waals surface area (Å²) in [5, 5.41) is 6.01. The summed E-state index contributed by atoms with van der Waals surface area (Å²) >= 11 is 0. The summed E-state index contributed by atoms with van der Waals surface area (Å²) in [6, 6.07) is 1.74. The molecule has 0 aliphatic carbocycles. The summed E-state index contributed by atoms with van der Waals surface area (Å²) in [5.41, 5.74) is 6.33. The van der Waals surface area contributed by atoms with Crippen molar-refractivity contribution < 1.29 is 12.8 Å². The van der Waals surface area contributed by atoms with Crippen molar-refractivity contribution in [1.29, 1.82) is 0 Å². The molecule has 0 aliphatic rings. The van der Waals surface area contributed by atoms with Crippen molar-refractivity contribution in [3.63, 3.8) is 0 Å². The Morgan fingerprint density at radius 1 is 1.56 bits per heavy atom. The number of hydrogen-bond acceptors (Lipinski definition) is 5. The molecule has 2 rings (SSSR count). The topological polar surface area (TPSA) is 105 Å². The van der Waals surface area contributed by atoms with Crippen LogP contribution in [0.2, 0.25) is 0 Å². The van der Waals surface area contributed by atoms with Crippen molar-refractivity contribution in [2.45, 2.75) is 18.4 Å². The summed E-state index contributed by atoms with van der Waals surface area (Å²) in [7, 11) is -2.17.